The van der Waals surface area contributed by atoms with Gasteiger partial charge in [-0.25, -0.2) is 4.79 Å². The van der Waals surface area contributed by atoms with Crippen LogP contribution < -0.4 is 10.2 Å². The smallest absolute Gasteiger partial charge is 0.331 e. The first-order valence-corrected chi connectivity index (χ1v) is 10.4. The Kier molecular flexibility index (Phi) is 5.46. The fourth-order valence-electron chi connectivity index (χ4n) is 4.44. The van der Waals surface area contributed by atoms with Crippen molar-refractivity contribution >= 4 is 29.6 Å². The zero-order chi connectivity index (χ0) is 19.5. The van der Waals surface area contributed by atoms with Gasteiger partial charge in [0.2, 0.25) is 0 Å². The molecule has 3 fully saturated rings. The van der Waals surface area contributed by atoms with E-state index >= 15 is 0 Å². The van der Waals surface area contributed by atoms with Gasteiger partial charge in [-0.15, -0.1) is 0 Å². The molecule has 1 N–H and O–H groups in total. The summed E-state index contributed by atoms with van der Waals surface area (Å²) in [4.78, 5) is 41.1. The monoisotopic (exact) mass is 381 g/mol. The predicted molar refractivity (Wildman–Crippen MR) is 108 cm³/mol. The second kappa shape index (κ2) is 8.17. The molecule has 28 heavy (non-hydrogen) atoms. The summed E-state index contributed by atoms with van der Waals surface area (Å²) in [6.07, 6.45) is 10.1. The average Bonchev–Trinajstić information content (AvgIpc) is 2.73. The van der Waals surface area contributed by atoms with Crippen molar-refractivity contribution < 1.29 is 14.4 Å². The second-order valence-corrected chi connectivity index (χ2v) is 7.92. The third-order valence-electron chi connectivity index (χ3n) is 6.00. The van der Waals surface area contributed by atoms with Crippen LogP contribution in [0.25, 0.3) is 6.08 Å². The molecule has 0 bridgehead atoms. The number of piperidine rings is 1. The highest BCUT2D eigenvalue weighted by atomic mass is 16.2. The van der Waals surface area contributed by atoms with Crippen LogP contribution in [0.1, 0.15) is 56.9 Å². The first kappa shape index (κ1) is 18.7. The molecule has 2 heterocycles. The van der Waals surface area contributed by atoms with Crippen molar-refractivity contribution in [1.82, 2.24) is 10.2 Å². The number of hydrogen-bond acceptors (Lipinski definition) is 4. The van der Waals surface area contributed by atoms with Gasteiger partial charge in [-0.1, -0.05) is 31.4 Å². The molecule has 3 aliphatic rings. The van der Waals surface area contributed by atoms with Crippen molar-refractivity contribution in [2.75, 3.05) is 18.0 Å². The fourth-order valence-corrected chi connectivity index (χ4v) is 4.44. The molecule has 4 amide bonds. The number of amides is 4. The van der Waals surface area contributed by atoms with E-state index in [0.29, 0.717) is 0 Å². The molecule has 4 rings (SSSR count). The molecule has 0 unspecified atom stereocenters. The van der Waals surface area contributed by atoms with E-state index in [2.05, 4.69) is 10.2 Å². The van der Waals surface area contributed by atoms with E-state index in [9.17, 15) is 14.4 Å². The van der Waals surface area contributed by atoms with Crippen LogP contribution in [0.4, 0.5) is 10.5 Å². The van der Waals surface area contributed by atoms with Gasteiger partial charge in [0.05, 0.1) is 0 Å². The quantitative estimate of drug-likeness (QED) is 0.643. The topological polar surface area (TPSA) is 69.7 Å². The molecule has 6 heteroatoms. The molecule has 0 spiro atoms. The minimum Gasteiger partial charge on any atom is -0.372 e. The highest BCUT2D eigenvalue weighted by molar-refractivity contribution is 6.31. The van der Waals surface area contributed by atoms with Gasteiger partial charge in [-0.2, -0.15) is 0 Å². The van der Waals surface area contributed by atoms with Crippen molar-refractivity contribution in [2.24, 2.45) is 0 Å². The molecule has 148 valence electrons. The standard InChI is InChI=1S/C22H27N3O3/c26-20-19(21(27)25(22(28)23-20)18-7-3-1-4-8-18)15-16-9-11-17(12-10-16)24-13-5-2-6-14-24/h9-12,15,18H,1-8,13-14H2,(H,23,26,28). The number of carbonyl (C=O) groups excluding carboxylic acids is 3. The van der Waals surface area contributed by atoms with E-state index in [0.717, 1.165) is 50.8 Å². The Morgan fingerprint density at radius 1 is 0.857 bits per heavy atom. The lowest BCUT2D eigenvalue weighted by Gasteiger charge is -2.35. The fraction of sp³-hybridized carbons (Fsp3) is 0.500. The number of nitrogens with one attached hydrogen (secondary N) is 1. The number of benzene rings is 1. The van der Waals surface area contributed by atoms with E-state index in [-0.39, 0.29) is 11.6 Å². The number of nitrogens with zero attached hydrogens (tertiary/aromatic N) is 2. The highest BCUT2D eigenvalue weighted by Gasteiger charge is 2.40. The Morgan fingerprint density at radius 3 is 2.18 bits per heavy atom. The number of hydrogen-bond donors (Lipinski definition) is 1. The summed E-state index contributed by atoms with van der Waals surface area (Å²) in [5, 5.41) is 2.34. The van der Waals surface area contributed by atoms with Gasteiger partial charge in [0.15, 0.2) is 0 Å². The summed E-state index contributed by atoms with van der Waals surface area (Å²) in [7, 11) is 0. The molecule has 2 aliphatic heterocycles. The summed E-state index contributed by atoms with van der Waals surface area (Å²) < 4.78 is 0. The van der Waals surface area contributed by atoms with Crippen LogP contribution in [0, 0.1) is 0 Å². The number of carbonyl (C=O) groups is 3. The van der Waals surface area contributed by atoms with Gasteiger partial charge in [-0.3, -0.25) is 19.8 Å². The SMILES string of the molecule is O=C1NC(=O)N(C2CCCCC2)C(=O)C1=Cc1ccc(N2CCCCC2)cc1. The van der Waals surface area contributed by atoms with Crippen LogP contribution in [-0.4, -0.2) is 41.9 Å². The normalized spacial score (nSPS) is 23.3. The molecule has 0 atom stereocenters. The van der Waals surface area contributed by atoms with Gasteiger partial charge >= 0.3 is 6.03 Å². The van der Waals surface area contributed by atoms with Gasteiger partial charge in [0.25, 0.3) is 11.8 Å². The lowest BCUT2D eigenvalue weighted by atomic mass is 9.93. The van der Waals surface area contributed by atoms with E-state index < -0.39 is 17.8 Å². The van der Waals surface area contributed by atoms with Crippen molar-refractivity contribution in [3.05, 3.63) is 35.4 Å². The summed E-state index contributed by atoms with van der Waals surface area (Å²) >= 11 is 0. The minimum absolute atomic E-state index is 0.0379. The van der Waals surface area contributed by atoms with Crippen molar-refractivity contribution in [3.8, 4) is 0 Å². The molecule has 0 aromatic heterocycles. The Morgan fingerprint density at radius 2 is 1.50 bits per heavy atom. The lowest BCUT2D eigenvalue weighted by Crippen LogP contribution is -2.58. The molecular weight excluding hydrogens is 354 g/mol. The van der Waals surface area contributed by atoms with Gasteiger partial charge in [0, 0.05) is 24.8 Å². The van der Waals surface area contributed by atoms with Crippen molar-refractivity contribution in [3.63, 3.8) is 0 Å². The van der Waals surface area contributed by atoms with Crippen LogP contribution in [0.5, 0.6) is 0 Å². The highest BCUT2D eigenvalue weighted by Crippen LogP contribution is 2.27. The van der Waals surface area contributed by atoms with E-state index in [4.69, 9.17) is 0 Å². The number of anilines is 1. The number of urea groups is 1. The molecule has 1 aromatic carbocycles. The van der Waals surface area contributed by atoms with Gasteiger partial charge < -0.3 is 4.90 Å². The average molecular weight is 381 g/mol. The van der Waals surface area contributed by atoms with Crippen LogP contribution >= 0.6 is 0 Å². The van der Waals surface area contributed by atoms with Crippen molar-refractivity contribution in [2.45, 2.75) is 57.4 Å². The maximum atomic E-state index is 12.9. The van der Waals surface area contributed by atoms with Crippen molar-refractivity contribution in [1.29, 1.82) is 0 Å². The molecular formula is C22H27N3O3. The third-order valence-corrected chi connectivity index (χ3v) is 6.00. The lowest BCUT2D eigenvalue weighted by molar-refractivity contribution is -0.132. The first-order valence-electron chi connectivity index (χ1n) is 10.4. The summed E-state index contributed by atoms with van der Waals surface area (Å²) in [5.74, 6) is -1.08. The maximum Gasteiger partial charge on any atom is 0.331 e. The third kappa shape index (κ3) is 3.81. The number of barbiturate groups is 1. The minimum atomic E-state index is -0.609. The Hall–Kier alpha value is -2.63. The van der Waals surface area contributed by atoms with Gasteiger partial charge in [0.1, 0.15) is 5.57 Å². The Balaban J connectivity index is 1.54. The molecule has 6 nitrogen and oxygen atoms in total. The number of rotatable bonds is 3. The van der Waals surface area contributed by atoms with Crippen LogP contribution in [0.3, 0.4) is 0 Å². The molecule has 1 saturated carbocycles. The van der Waals surface area contributed by atoms with E-state index in [1.165, 1.54) is 29.8 Å². The van der Waals surface area contributed by atoms with E-state index in [1.807, 2.05) is 24.3 Å². The molecule has 1 aromatic rings. The Bertz CT molecular complexity index is 788. The second-order valence-electron chi connectivity index (χ2n) is 7.92. The number of imide groups is 2. The molecule has 2 saturated heterocycles. The summed E-state index contributed by atoms with van der Waals surface area (Å²) in [6, 6.07) is 7.23. The van der Waals surface area contributed by atoms with Crippen LogP contribution in [-0.2, 0) is 9.59 Å². The van der Waals surface area contributed by atoms with E-state index in [1.54, 1.807) is 6.08 Å². The summed E-state index contributed by atoms with van der Waals surface area (Å²) in [6.45, 7) is 2.14. The predicted octanol–water partition coefficient (Wildman–Crippen LogP) is 3.47. The van der Waals surface area contributed by atoms with Gasteiger partial charge in [-0.05, 0) is 55.9 Å². The zero-order valence-corrected chi connectivity index (χ0v) is 16.2. The van der Waals surface area contributed by atoms with Crippen LogP contribution in [0.15, 0.2) is 29.8 Å². The zero-order valence-electron chi connectivity index (χ0n) is 16.2. The van der Waals surface area contributed by atoms with Crippen LogP contribution in [0.2, 0.25) is 0 Å². The molecule has 0 radical (unpaired) electrons. The Labute approximate surface area is 165 Å². The largest absolute Gasteiger partial charge is 0.372 e. The maximum absolute atomic E-state index is 12.9. The first-order chi connectivity index (χ1) is 13.6. The summed E-state index contributed by atoms with van der Waals surface area (Å²) in [5.41, 5.74) is 1.99. The molecule has 1 aliphatic carbocycles.